The number of anilines is 2. The lowest BCUT2D eigenvalue weighted by Crippen LogP contribution is -2.53. The molecule has 2 aliphatic rings. The van der Waals surface area contributed by atoms with E-state index < -0.39 is 46.4 Å². The number of hydrogen-bond donors (Lipinski definition) is 1. The Morgan fingerprint density at radius 2 is 1.56 bits per heavy atom. The van der Waals surface area contributed by atoms with Crippen molar-refractivity contribution in [2.75, 3.05) is 30.4 Å². The van der Waals surface area contributed by atoms with Crippen LogP contribution in [0.4, 0.5) is 37.7 Å². The van der Waals surface area contributed by atoms with Crippen molar-refractivity contribution in [2.24, 2.45) is 11.3 Å². The Kier molecular flexibility index (Phi) is 7.52. The summed E-state index contributed by atoms with van der Waals surface area (Å²) in [5, 5.41) is 2.34. The number of carbonyl (C=O) groups excluding carboxylic acids is 2. The van der Waals surface area contributed by atoms with Crippen LogP contribution < -0.4 is 10.2 Å². The molecule has 2 atom stereocenters. The molecule has 1 aliphatic carbocycles. The number of amides is 2. The zero-order chi connectivity index (χ0) is 28.9. The number of alkyl halides is 6. The van der Waals surface area contributed by atoms with Crippen LogP contribution in [0.15, 0.2) is 36.4 Å². The minimum atomic E-state index is -5.06. The molecule has 2 aromatic carbocycles. The predicted octanol–water partition coefficient (Wildman–Crippen LogP) is 6.43. The molecule has 11 heteroatoms. The molecule has 1 N–H and O–H groups in total. The van der Waals surface area contributed by atoms with Crippen molar-refractivity contribution >= 4 is 23.2 Å². The zero-order valence-corrected chi connectivity index (χ0v) is 22.1. The van der Waals surface area contributed by atoms with Gasteiger partial charge < -0.3 is 15.1 Å². The molecule has 0 radical (unpaired) electrons. The van der Waals surface area contributed by atoms with Crippen LogP contribution in [0.5, 0.6) is 0 Å². The minimum absolute atomic E-state index is 0.0141. The largest absolute Gasteiger partial charge is 0.416 e. The Hall–Kier alpha value is -3.08. The molecular weight excluding hydrogens is 524 g/mol. The van der Waals surface area contributed by atoms with Gasteiger partial charge in [0.05, 0.1) is 22.5 Å². The number of hydrogen-bond acceptors (Lipinski definition) is 3. The molecule has 1 aliphatic heterocycles. The van der Waals surface area contributed by atoms with Gasteiger partial charge in [-0.15, -0.1) is 0 Å². The third kappa shape index (κ3) is 5.50. The number of para-hydroxylation sites is 1. The molecule has 1 saturated carbocycles. The van der Waals surface area contributed by atoms with Gasteiger partial charge >= 0.3 is 12.4 Å². The van der Waals surface area contributed by atoms with Crippen LogP contribution in [0.25, 0.3) is 0 Å². The van der Waals surface area contributed by atoms with E-state index in [0.717, 1.165) is 30.4 Å². The van der Waals surface area contributed by atoms with Gasteiger partial charge in [0.25, 0.3) is 0 Å². The highest BCUT2D eigenvalue weighted by atomic mass is 19.4. The van der Waals surface area contributed by atoms with Gasteiger partial charge in [-0.1, -0.05) is 31.5 Å². The maximum Gasteiger partial charge on any atom is 0.416 e. The normalized spacial score (nSPS) is 22.4. The lowest BCUT2D eigenvalue weighted by atomic mass is 9.76. The summed E-state index contributed by atoms with van der Waals surface area (Å²) in [5.74, 6) is -2.01. The third-order valence-corrected chi connectivity index (χ3v) is 8.14. The monoisotopic (exact) mass is 555 g/mol. The second kappa shape index (κ2) is 10.1. The van der Waals surface area contributed by atoms with E-state index in [-0.39, 0.29) is 31.1 Å². The SMILES string of the molecule is Cc1cccc(C)c1N1CC(CN(C)C2CCC2)(C(=O)Nc2cc(C(F)(F)F)cc(C(F)(F)F)c2)C(C)C1=O. The smallest absolute Gasteiger partial charge is 0.325 e. The number of aryl methyl sites for hydroxylation is 2. The van der Waals surface area contributed by atoms with Crippen molar-refractivity contribution in [1.29, 1.82) is 0 Å². The summed E-state index contributed by atoms with van der Waals surface area (Å²) in [6, 6.07) is 6.68. The van der Waals surface area contributed by atoms with Crippen LogP contribution >= 0.6 is 0 Å². The Balaban J connectivity index is 1.76. The highest BCUT2D eigenvalue weighted by molar-refractivity contribution is 6.08. The first-order valence-corrected chi connectivity index (χ1v) is 12.7. The van der Waals surface area contributed by atoms with Crippen molar-refractivity contribution in [2.45, 2.75) is 58.4 Å². The molecular formula is C28H31F6N3O2. The average Bonchev–Trinajstić information content (AvgIpc) is 3.02. The fourth-order valence-electron chi connectivity index (χ4n) is 5.60. The summed E-state index contributed by atoms with van der Waals surface area (Å²) >= 11 is 0. The summed E-state index contributed by atoms with van der Waals surface area (Å²) in [6.07, 6.45) is -7.29. The van der Waals surface area contributed by atoms with Gasteiger partial charge in [-0.25, -0.2) is 0 Å². The topological polar surface area (TPSA) is 52.6 Å². The second-order valence-corrected chi connectivity index (χ2v) is 10.8. The highest BCUT2D eigenvalue weighted by Gasteiger charge is 2.56. The number of nitrogens with one attached hydrogen (secondary N) is 1. The van der Waals surface area contributed by atoms with Crippen LogP contribution in [0, 0.1) is 25.2 Å². The zero-order valence-electron chi connectivity index (χ0n) is 22.1. The molecule has 0 aromatic heterocycles. The summed E-state index contributed by atoms with van der Waals surface area (Å²) in [7, 11) is 1.82. The first-order valence-electron chi connectivity index (χ1n) is 12.7. The van der Waals surface area contributed by atoms with Gasteiger partial charge in [-0.2, -0.15) is 26.3 Å². The second-order valence-electron chi connectivity index (χ2n) is 10.8. The maximum absolute atomic E-state index is 13.9. The quantitative estimate of drug-likeness (QED) is 0.418. The molecule has 2 amide bonds. The van der Waals surface area contributed by atoms with Crippen LogP contribution in [-0.4, -0.2) is 42.9 Å². The predicted molar refractivity (Wildman–Crippen MR) is 135 cm³/mol. The van der Waals surface area contributed by atoms with E-state index in [1.54, 1.807) is 6.92 Å². The van der Waals surface area contributed by atoms with Crippen LogP contribution in [-0.2, 0) is 21.9 Å². The summed E-state index contributed by atoms with van der Waals surface area (Å²) in [5.41, 5.74) is -2.84. The summed E-state index contributed by atoms with van der Waals surface area (Å²) < 4.78 is 80.7. The first-order chi connectivity index (χ1) is 18.0. The molecule has 4 rings (SSSR count). The Labute approximate surface area is 223 Å². The number of carbonyl (C=O) groups is 2. The fourth-order valence-corrected chi connectivity index (χ4v) is 5.60. The first kappa shape index (κ1) is 28.9. The molecule has 5 nitrogen and oxygen atoms in total. The van der Waals surface area contributed by atoms with E-state index in [2.05, 4.69) is 5.32 Å². The molecule has 0 spiro atoms. The Bertz CT molecular complexity index is 1220. The van der Waals surface area contributed by atoms with Gasteiger partial charge in [-0.05, 0) is 63.1 Å². The molecule has 2 unspecified atom stereocenters. The molecule has 1 heterocycles. The van der Waals surface area contributed by atoms with Crippen LogP contribution in [0.1, 0.15) is 48.4 Å². The Morgan fingerprint density at radius 1 is 1.03 bits per heavy atom. The molecule has 2 aromatic rings. The molecule has 39 heavy (non-hydrogen) atoms. The number of nitrogens with zero attached hydrogens (tertiary/aromatic N) is 2. The van der Waals surface area contributed by atoms with Gasteiger partial charge in [0.1, 0.15) is 0 Å². The Morgan fingerprint density at radius 3 is 2.03 bits per heavy atom. The molecule has 2 fully saturated rings. The van der Waals surface area contributed by atoms with Crippen molar-refractivity contribution in [1.82, 2.24) is 4.90 Å². The maximum atomic E-state index is 13.9. The lowest BCUT2D eigenvalue weighted by Gasteiger charge is -2.41. The van der Waals surface area contributed by atoms with Crippen LogP contribution in [0.2, 0.25) is 0 Å². The average molecular weight is 556 g/mol. The molecule has 0 bridgehead atoms. The van der Waals surface area contributed by atoms with E-state index in [4.69, 9.17) is 0 Å². The summed E-state index contributed by atoms with van der Waals surface area (Å²) in [6.45, 7) is 5.32. The van der Waals surface area contributed by atoms with Crippen LogP contribution in [0.3, 0.4) is 0 Å². The van der Waals surface area contributed by atoms with E-state index >= 15 is 0 Å². The standard InChI is InChI=1S/C28H31F6N3O2/c1-16-7-5-8-17(2)23(16)37-15-26(18(3)24(37)38,14-36(4)22-9-6-10-22)25(39)35-21-12-19(27(29,30)31)11-20(13-21)28(32,33)34/h5,7-8,11-13,18,22H,6,9-10,14-15H2,1-4H3,(H,35,39). The van der Waals surface area contributed by atoms with Gasteiger partial charge in [0, 0.05) is 30.5 Å². The van der Waals surface area contributed by atoms with E-state index in [9.17, 15) is 35.9 Å². The van der Waals surface area contributed by atoms with E-state index in [0.29, 0.717) is 17.8 Å². The lowest BCUT2D eigenvalue weighted by molar-refractivity contribution is -0.143. The van der Waals surface area contributed by atoms with Gasteiger partial charge in [0.15, 0.2) is 0 Å². The van der Waals surface area contributed by atoms with Crippen molar-refractivity contribution in [3.8, 4) is 0 Å². The van der Waals surface area contributed by atoms with Crippen molar-refractivity contribution in [3.63, 3.8) is 0 Å². The summed E-state index contributed by atoms with van der Waals surface area (Å²) in [4.78, 5) is 31.1. The van der Waals surface area contributed by atoms with Crippen molar-refractivity contribution in [3.05, 3.63) is 58.7 Å². The van der Waals surface area contributed by atoms with E-state index in [1.807, 2.05) is 44.0 Å². The van der Waals surface area contributed by atoms with Crippen molar-refractivity contribution < 1.29 is 35.9 Å². The number of benzene rings is 2. The number of rotatable bonds is 6. The minimum Gasteiger partial charge on any atom is -0.325 e. The van der Waals surface area contributed by atoms with Gasteiger partial charge in [-0.3, -0.25) is 9.59 Å². The fraction of sp³-hybridized carbons (Fsp3) is 0.500. The highest BCUT2D eigenvalue weighted by Crippen LogP contribution is 2.44. The number of halogens is 6. The van der Waals surface area contributed by atoms with Gasteiger partial charge in [0.2, 0.25) is 11.8 Å². The molecule has 212 valence electrons. The molecule has 1 saturated heterocycles. The third-order valence-electron chi connectivity index (χ3n) is 8.14. The van der Waals surface area contributed by atoms with E-state index in [1.165, 1.54) is 4.90 Å².